The molecule has 6 heteroatoms. The lowest BCUT2D eigenvalue weighted by molar-refractivity contribution is 0.0233. The third-order valence-corrected chi connectivity index (χ3v) is 13.3. The van der Waals surface area contributed by atoms with Gasteiger partial charge < -0.3 is 14.6 Å². The van der Waals surface area contributed by atoms with Gasteiger partial charge in [0.1, 0.15) is 0 Å². The van der Waals surface area contributed by atoms with E-state index in [0.29, 0.717) is 29.0 Å². The highest BCUT2D eigenvalue weighted by Gasteiger charge is 2.46. The standard InChI is InChI=1S/C14H30O3S2Si/c1-9(2)20(10(3)4,11(5)6)17-7-13-14(16)12(15)8-18-19-13/h9-16H,7-8H2,1-6H3/t12-,13+,14-/m0/s1. The summed E-state index contributed by atoms with van der Waals surface area (Å²) in [5, 5.41) is 19.9. The average molecular weight is 339 g/mol. The Balaban J connectivity index is 2.76. The van der Waals surface area contributed by atoms with Crippen molar-refractivity contribution in [2.45, 2.75) is 75.6 Å². The first kappa shape index (κ1) is 18.8. The molecule has 0 spiro atoms. The Morgan fingerprint density at radius 2 is 1.55 bits per heavy atom. The first-order valence-electron chi connectivity index (χ1n) is 7.51. The molecule has 120 valence electrons. The second-order valence-corrected chi connectivity index (χ2v) is 14.7. The highest BCUT2D eigenvalue weighted by molar-refractivity contribution is 8.77. The van der Waals surface area contributed by atoms with Crippen LogP contribution in [0.3, 0.4) is 0 Å². The van der Waals surface area contributed by atoms with E-state index >= 15 is 0 Å². The molecule has 0 saturated carbocycles. The maximum Gasteiger partial charge on any atom is 0.200 e. The van der Waals surface area contributed by atoms with Crippen molar-refractivity contribution in [3.05, 3.63) is 0 Å². The zero-order valence-corrected chi connectivity index (χ0v) is 16.1. The van der Waals surface area contributed by atoms with Gasteiger partial charge in [0.25, 0.3) is 0 Å². The molecule has 1 rings (SSSR count). The van der Waals surface area contributed by atoms with Crippen LogP contribution in [0.15, 0.2) is 0 Å². The highest BCUT2D eigenvalue weighted by Crippen LogP contribution is 2.44. The van der Waals surface area contributed by atoms with E-state index in [9.17, 15) is 10.2 Å². The van der Waals surface area contributed by atoms with Crippen LogP contribution < -0.4 is 0 Å². The Morgan fingerprint density at radius 3 is 2.00 bits per heavy atom. The molecule has 20 heavy (non-hydrogen) atoms. The topological polar surface area (TPSA) is 49.7 Å². The summed E-state index contributed by atoms with van der Waals surface area (Å²) in [6.45, 7) is 14.1. The molecule has 0 amide bonds. The average Bonchev–Trinajstić information content (AvgIpc) is 2.33. The van der Waals surface area contributed by atoms with Crippen LogP contribution in [0.1, 0.15) is 41.5 Å². The molecule has 0 bridgehead atoms. The largest absolute Gasteiger partial charge is 0.415 e. The summed E-state index contributed by atoms with van der Waals surface area (Å²) in [6.07, 6.45) is -1.29. The fourth-order valence-corrected chi connectivity index (χ4v) is 11.7. The summed E-state index contributed by atoms with van der Waals surface area (Å²) in [5.74, 6) is 0.601. The van der Waals surface area contributed by atoms with Crippen molar-refractivity contribution in [3.63, 3.8) is 0 Å². The number of aliphatic hydroxyl groups excluding tert-OH is 2. The smallest absolute Gasteiger partial charge is 0.200 e. The summed E-state index contributed by atoms with van der Waals surface area (Å²) in [5.41, 5.74) is 1.64. The maximum atomic E-state index is 10.1. The Labute approximate surface area is 132 Å². The first-order chi connectivity index (χ1) is 9.23. The van der Waals surface area contributed by atoms with Gasteiger partial charge in [0, 0.05) is 12.4 Å². The van der Waals surface area contributed by atoms with Crippen molar-refractivity contribution >= 4 is 29.9 Å². The van der Waals surface area contributed by atoms with E-state index in [1.165, 1.54) is 0 Å². The molecule has 0 radical (unpaired) electrons. The Bertz CT molecular complexity index is 278. The number of hydrogen-bond acceptors (Lipinski definition) is 5. The van der Waals surface area contributed by atoms with Gasteiger partial charge in [-0.1, -0.05) is 63.1 Å². The molecule has 0 aromatic carbocycles. The second-order valence-electron chi connectivity index (χ2n) is 6.61. The van der Waals surface area contributed by atoms with Crippen LogP contribution >= 0.6 is 21.6 Å². The number of rotatable bonds is 6. The van der Waals surface area contributed by atoms with E-state index in [2.05, 4.69) is 41.5 Å². The SMILES string of the molecule is CC(C)[Si](OC[C@H]1SSC[C@H](O)[C@@H]1O)(C(C)C)C(C)C. The van der Waals surface area contributed by atoms with E-state index in [-0.39, 0.29) is 5.25 Å². The summed E-state index contributed by atoms with van der Waals surface area (Å²) in [4.78, 5) is 0. The fourth-order valence-electron chi connectivity index (χ4n) is 3.45. The van der Waals surface area contributed by atoms with E-state index in [4.69, 9.17) is 4.43 Å². The van der Waals surface area contributed by atoms with Crippen molar-refractivity contribution in [2.24, 2.45) is 0 Å². The van der Waals surface area contributed by atoms with Crippen LogP contribution in [0, 0.1) is 0 Å². The molecule has 3 atom stereocenters. The van der Waals surface area contributed by atoms with E-state index in [1.807, 2.05) is 0 Å². The first-order valence-corrected chi connectivity index (χ1v) is 12.0. The van der Waals surface area contributed by atoms with Crippen molar-refractivity contribution in [1.29, 1.82) is 0 Å². The second kappa shape index (κ2) is 7.88. The van der Waals surface area contributed by atoms with Gasteiger partial charge in [0.05, 0.1) is 17.5 Å². The molecular formula is C14H30O3S2Si. The zero-order valence-electron chi connectivity index (χ0n) is 13.5. The predicted octanol–water partition coefficient (Wildman–Crippen LogP) is 3.66. The Kier molecular flexibility index (Phi) is 7.42. The molecule has 0 unspecified atom stereocenters. The van der Waals surface area contributed by atoms with Crippen LogP contribution in [0.25, 0.3) is 0 Å². The van der Waals surface area contributed by atoms with Crippen molar-refractivity contribution in [2.75, 3.05) is 12.4 Å². The zero-order chi connectivity index (χ0) is 15.5. The quantitative estimate of drug-likeness (QED) is 0.572. The molecule has 1 aliphatic heterocycles. The molecule has 1 heterocycles. The molecule has 1 fully saturated rings. The van der Waals surface area contributed by atoms with E-state index < -0.39 is 20.5 Å². The molecule has 3 nitrogen and oxygen atoms in total. The molecule has 1 aliphatic rings. The van der Waals surface area contributed by atoms with Crippen molar-refractivity contribution < 1.29 is 14.6 Å². The molecule has 0 aromatic heterocycles. The maximum absolute atomic E-state index is 10.1. The van der Waals surface area contributed by atoms with Gasteiger partial charge in [-0.15, -0.1) is 0 Å². The minimum Gasteiger partial charge on any atom is -0.415 e. The lowest BCUT2D eigenvalue weighted by atomic mass is 10.1. The molecule has 2 N–H and O–H groups in total. The summed E-state index contributed by atoms with van der Waals surface area (Å²) in [7, 11) is 1.41. The number of aliphatic hydroxyl groups is 2. The Hall–Kier alpha value is 0.797. The lowest BCUT2D eigenvalue weighted by Gasteiger charge is -2.43. The van der Waals surface area contributed by atoms with Crippen LogP contribution in [0.2, 0.25) is 16.6 Å². The fraction of sp³-hybridized carbons (Fsp3) is 1.00. The van der Waals surface area contributed by atoms with Gasteiger partial charge >= 0.3 is 0 Å². The van der Waals surface area contributed by atoms with Crippen molar-refractivity contribution in [3.8, 4) is 0 Å². The van der Waals surface area contributed by atoms with E-state index in [1.54, 1.807) is 21.6 Å². The van der Waals surface area contributed by atoms with Gasteiger partial charge in [0.2, 0.25) is 0 Å². The molecule has 0 aromatic rings. The summed E-state index contributed by atoms with van der Waals surface area (Å²) < 4.78 is 6.51. The molecule has 1 saturated heterocycles. The molecule has 0 aliphatic carbocycles. The lowest BCUT2D eigenvalue weighted by Crippen LogP contribution is -2.51. The van der Waals surface area contributed by atoms with Gasteiger partial charge in [-0.05, 0) is 16.6 Å². The van der Waals surface area contributed by atoms with Crippen molar-refractivity contribution in [1.82, 2.24) is 0 Å². The molecular weight excluding hydrogens is 308 g/mol. The monoisotopic (exact) mass is 338 g/mol. The van der Waals surface area contributed by atoms with Crippen LogP contribution in [0.5, 0.6) is 0 Å². The minimum absolute atomic E-state index is 0.0214. The number of hydrogen-bond donors (Lipinski definition) is 2. The minimum atomic E-state index is -1.88. The van der Waals surface area contributed by atoms with Gasteiger partial charge in [-0.2, -0.15) is 0 Å². The normalized spacial score (nSPS) is 28.6. The third-order valence-electron chi connectivity index (χ3n) is 4.41. The van der Waals surface area contributed by atoms with E-state index in [0.717, 1.165) is 0 Å². The summed E-state index contributed by atoms with van der Waals surface area (Å²) in [6, 6.07) is 0. The van der Waals surface area contributed by atoms with Crippen LogP contribution in [0.4, 0.5) is 0 Å². The summed E-state index contributed by atoms with van der Waals surface area (Å²) >= 11 is 0. The van der Waals surface area contributed by atoms with Crippen LogP contribution in [-0.2, 0) is 4.43 Å². The van der Waals surface area contributed by atoms with Gasteiger partial charge in [-0.3, -0.25) is 0 Å². The highest BCUT2D eigenvalue weighted by atomic mass is 33.1. The van der Waals surface area contributed by atoms with Gasteiger partial charge in [0.15, 0.2) is 8.32 Å². The Morgan fingerprint density at radius 1 is 1.05 bits per heavy atom. The van der Waals surface area contributed by atoms with Crippen LogP contribution in [-0.4, -0.2) is 48.3 Å². The van der Waals surface area contributed by atoms with Gasteiger partial charge in [-0.25, -0.2) is 0 Å². The third kappa shape index (κ3) is 3.96. The predicted molar refractivity (Wildman–Crippen MR) is 92.9 cm³/mol.